The number of hydrogen-bond acceptors (Lipinski definition) is 2. The Morgan fingerprint density at radius 2 is 1.41 bits per heavy atom. The van der Waals surface area contributed by atoms with Crippen molar-refractivity contribution in [3.05, 3.63) is 62.1 Å². The van der Waals surface area contributed by atoms with Gasteiger partial charge in [0.2, 0.25) is 0 Å². The third-order valence-corrected chi connectivity index (χ3v) is 3.17. The molecule has 0 saturated heterocycles. The average molecular weight is 222 g/mol. The smallest absolute Gasteiger partial charge is 0.197 e. The van der Waals surface area contributed by atoms with E-state index < -0.39 is 0 Å². The Balaban J connectivity index is 2.89. The summed E-state index contributed by atoms with van der Waals surface area (Å²) in [5, 5.41) is 3.26. The van der Waals surface area contributed by atoms with Gasteiger partial charge in [-0.3, -0.25) is 9.59 Å². The second-order valence-electron chi connectivity index (χ2n) is 4.07. The van der Waals surface area contributed by atoms with Gasteiger partial charge in [-0.25, -0.2) is 0 Å². The molecule has 2 heteroatoms. The molecule has 3 rings (SSSR count). The monoisotopic (exact) mass is 222 g/mol. The van der Waals surface area contributed by atoms with Gasteiger partial charge in [0.1, 0.15) is 0 Å². The van der Waals surface area contributed by atoms with Crippen molar-refractivity contribution < 1.29 is 0 Å². The molecule has 0 heterocycles. The van der Waals surface area contributed by atoms with E-state index >= 15 is 0 Å². The van der Waals surface area contributed by atoms with Crippen LogP contribution in [0.3, 0.4) is 0 Å². The number of benzene rings is 3. The Labute approximate surface area is 97.1 Å². The zero-order valence-corrected chi connectivity index (χ0v) is 9.36. The third kappa shape index (κ3) is 1.21. The van der Waals surface area contributed by atoms with E-state index in [1.807, 2.05) is 24.3 Å². The van der Waals surface area contributed by atoms with E-state index in [1.165, 1.54) is 0 Å². The minimum absolute atomic E-state index is 0.165. The third-order valence-electron chi connectivity index (χ3n) is 3.17. The molecule has 0 unspecified atom stereocenters. The summed E-state index contributed by atoms with van der Waals surface area (Å²) in [7, 11) is 0. The molecule has 0 N–H and O–H groups in total. The topological polar surface area (TPSA) is 34.1 Å². The molecule has 17 heavy (non-hydrogen) atoms. The van der Waals surface area contributed by atoms with Gasteiger partial charge in [-0.05, 0) is 12.3 Å². The van der Waals surface area contributed by atoms with Gasteiger partial charge >= 0.3 is 0 Å². The lowest BCUT2D eigenvalue weighted by atomic mass is 9.99. The van der Waals surface area contributed by atoms with Crippen molar-refractivity contribution in [2.24, 2.45) is 0 Å². The molecule has 3 aromatic rings. The fraction of sp³-hybridized carbons (Fsp3) is 0.0667. The SMILES string of the molecule is CC=c1c(=O)c2cccc3cccc(c1=O)c32. The molecule has 0 radical (unpaired) electrons. The van der Waals surface area contributed by atoms with Gasteiger partial charge in [-0.15, -0.1) is 0 Å². The molecule has 2 nitrogen and oxygen atoms in total. The number of hydrogen-bond donors (Lipinski definition) is 0. The van der Waals surface area contributed by atoms with Crippen LogP contribution >= 0.6 is 0 Å². The average Bonchev–Trinajstić information content (AvgIpc) is 2.36. The highest BCUT2D eigenvalue weighted by Gasteiger charge is 2.09. The Morgan fingerprint density at radius 1 is 0.882 bits per heavy atom. The second kappa shape index (κ2) is 3.39. The predicted octanol–water partition coefficient (Wildman–Crippen LogP) is 1.67. The highest BCUT2D eigenvalue weighted by Crippen LogP contribution is 2.20. The summed E-state index contributed by atoms with van der Waals surface area (Å²) < 4.78 is 0. The van der Waals surface area contributed by atoms with Gasteiger partial charge in [0.15, 0.2) is 10.9 Å². The zero-order valence-electron chi connectivity index (χ0n) is 9.36. The molecule has 0 amide bonds. The van der Waals surface area contributed by atoms with E-state index in [1.54, 1.807) is 25.1 Å². The summed E-state index contributed by atoms with van der Waals surface area (Å²) in [4.78, 5) is 24.3. The molecule has 0 aliphatic carbocycles. The first-order valence-corrected chi connectivity index (χ1v) is 5.51. The maximum atomic E-state index is 12.2. The molecule has 0 aliphatic heterocycles. The van der Waals surface area contributed by atoms with Gasteiger partial charge in [0.25, 0.3) is 0 Å². The van der Waals surface area contributed by atoms with E-state index in [0.717, 1.165) is 10.8 Å². The summed E-state index contributed by atoms with van der Waals surface area (Å²) in [5.41, 5.74) is -0.330. The molecule has 0 atom stereocenters. The van der Waals surface area contributed by atoms with Crippen LogP contribution in [0.1, 0.15) is 6.92 Å². The van der Waals surface area contributed by atoms with Crippen LogP contribution in [0, 0.1) is 0 Å². The van der Waals surface area contributed by atoms with Crippen LogP contribution in [0.25, 0.3) is 27.6 Å². The lowest BCUT2D eigenvalue weighted by Gasteiger charge is -2.03. The van der Waals surface area contributed by atoms with Crippen LogP contribution in [0.4, 0.5) is 0 Å². The predicted molar refractivity (Wildman–Crippen MR) is 70.5 cm³/mol. The lowest BCUT2D eigenvalue weighted by Crippen LogP contribution is -2.38. The minimum atomic E-state index is -0.165. The Hall–Kier alpha value is -2.22. The minimum Gasteiger partial charge on any atom is -0.288 e. The summed E-state index contributed by atoms with van der Waals surface area (Å²) in [6, 6.07) is 11.1. The van der Waals surface area contributed by atoms with Crippen molar-refractivity contribution in [1.82, 2.24) is 0 Å². The van der Waals surface area contributed by atoms with Crippen LogP contribution in [0.2, 0.25) is 0 Å². The quantitative estimate of drug-likeness (QED) is 0.580. The first-order chi connectivity index (χ1) is 8.24. The Kier molecular flexibility index (Phi) is 1.99. The molecule has 0 bridgehead atoms. The van der Waals surface area contributed by atoms with Gasteiger partial charge in [-0.2, -0.15) is 0 Å². The number of rotatable bonds is 0. The molecule has 0 aromatic heterocycles. The molecule has 82 valence electrons. The maximum Gasteiger partial charge on any atom is 0.197 e. The lowest BCUT2D eigenvalue weighted by molar-refractivity contribution is 1.49. The van der Waals surface area contributed by atoms with Crippen LogP contribution in [-0.4, -0.2) is 0 Å². The van der Waals surface area contributed by atoms with Crippen molar-refractivity contribution in [1.29, 1.82) is 0 Å². The summed E-state index contributed by atoms with van der Waals surface area (Å²) in [5.74, 6) is 0. The summed E-state index contributed by atoms with van der Waals surface area (Å²) in [6.07, 6.45) is 1.60. The molecule has 0 fully saturated rings. The molecule has 0 saturated carbocycles. The normalized spacial score (nSPS) is 11.1. The van der Waals surface area contributed by atoms with Gasteiger partial charge in [-0.1, -0.05) is 42.5 Å². The fourth-order valence-electron chi connectivity index (χ4n) is 2.37. The molecule has 0 aliphatic rings. The van der Waals surface area contributed by atoms with E-state index in [4.69, 9.17) is 0 Å². The fourth-order valence-corrected chi connectivity index (χ4v) is 2.37. The molecular weight excluding hydrogens is 212 g/mol. The summed E-state index contributed by atoms with van der Waals surface area (Å²) in [6.45, 7) is 1.72. The van der Waals surface area contributed by atoms with Crippen molar-refractivity contribution in [2.45, 2.75) is 6.92 Å². The molecular formula is C15H10O2. The standard InChI is InChI=1S/C15H10O2/c1-2-10-14(16)11-7-3-5-9-6-4-8-12(13(9)11)15(10)17/h2-8H,1H3. The van der Waals surface area contributed by atoms with Crippen LogP contribution in [0.15, 0.2) is 46.0 Å². The molecule has 0 spiro atoms. The molecule has 3 aromatic carbocycles. The first-order valence-electron chi connectivity index (χ1n) is 5.51. The maximum absolute atomic E-state index is 12.2. The van der Waals surface area contributed by atoms with Crippen molar-refractivity contribution in [2.75, 3.05) is 0 Å². The summed E-state index contributed by atoms with van der Waals surface area (Å²) >= 11 is 0. The van der Waals surface area contributed by atoms with Gasteiger partial charge < -0.3 is 0 Å². The van der Waals surface area contributed by atoms with Crippen LogP contribution < -0.4 is 16.1 Å². The van der Waals surface area contributed by atoms with E-state index in [9.17, 15) is 9.59 Å². The van der Waals surface area contributed by atoms with Crippen LogP contribution in [0.5, 0.6) is 0 Å². The van der Waals surface area contributed by atoms with Crippen LogP contribution in [-0.2, 0) is 0 Å². The van der Waals surface area contributed by atoms with E-state index in [-0.39, 0.29) is 16.1 Å². The van der Waals surface area contributed by atoms with Gasteiger partial charge in [0, 0.05) is 16.2 Å². The van der Waals surface area contributed by atoms with Crippen molar-refractivity contribution >= 4 is 27.6 Å². The van der Waals surface area contributed by atoms with Crippen molar-refractivity contribution in [3.63, 3.8) is 0 Å². The second-order valence-corrected chi connectivity index (χ2v) is 4.07. The highest BCUT2D eigenvalue weighted by molar-refractivity contribution is 6.09. The highest BCUT2D eigenvalue weighted by atomic mass is 16.1. The van der Waals surface area contributed by atoms with E-state index in [0.29, 0.717) is 10.8 Å². The van der Waals surface area contributed by atoms with E-state index in [2.05, 4.69) is 0 Å². The first kappa shape index (κ1) is 9.97. The Bertz CT molecular complexity index is 813. The van der Waals surface area contributed by atoms with Crippen molar-refractivity contribution in [3.8, 4) is 0 Å². The van der Waals surface area contributed by atoms with Gasteiger partial charge in [0.05, 0.1) is 5.22 Å². The zero-order chi connectivity index (χ0) is 12.0. The largest absolute Gasteiger partial charge is 0.288 e. The Morgan fingerprint density at radius 3 is 1.88 bits per heavy atom.